The second-order valence-electron chi connectivity index (χ2n) is 11.4. The molecule has 0 unspecified atom stereocenters. The zero-order chi connectivity index (χ0) is 26.1. The van der Waals surface area contributed by atoms with Crippen molar-refractivity contribution < 1.29 is 24.5 Å². The Morgan fingerprint density at radius 3 is 2.57 bits per heavy atom. The molecule has 3 N–H and O–H groups in total. The van der Waals surface area contributed by atoms with Crippen LogP contribution in [0.1, 0.15) is 84.3 Å². The lowest BCUT2D eigenvalue weighted by Gasteiger charge is -2.34. The Labute approximate surface area is 213 Å². The van der Waals surface area contributed by atoms with Gasteiger partial charge in [-0.3, -0.25) is 9.59 Å². The van der Waals surface area contributed by atoms with Crippen molar-refractivity contribution in [1.82, 2.24) is 10.3 Å². The van der Waals surface area contributed by atoms with Crippen LogP contribution in [0.4, 0.5) is 0 Å². The number of amides is 1. The summed E-state index contributed by atoms with van der Waals surface area (Å²) in [6.07, 6.45) is 2.99. The first-order valence-electron chi connectivity index (χ1n) is 12.7. The molecule has 196 valence electrons. The highest BCUT2D eigenvalue weighted by molar-refractivity contribution is 7.09. The number of ether oxygens (including phenoxy) is 1. The quantitative estimate of drug-likeness (QED) is 0.410. The predicted octanol–water partition coefficient (Wildman–Crippen LogP) is 4.05. The van der Waals surface area contributed by atoms with E-state index in [1.165, 1.54) is 0 Å². The van der Waals surface area contributed by atoms with Gasteiger partial charge in [0.2, 0.25) is 5.91 Å². The standard InChI is InChI=1S/C27H42N2O5S/c1-15-9-8-10-27(7)22(34-27)12-20(16(2)11-19-14-35-18(4)28-19)29-23(31)13-21(30)26(5,6)25(33)17(3)24(15)32/h11,14-15,17,20-22,24,30,32H,8-10,12-13H2,1-7H3,(H,29,31)/b16-11+/t15-,17+,20-,21-,22-,24-,27+/m0/s1/i4+1,18+1,28+1. The molecule has 0 aromatic carbocycles. The molecule has 35 heavy (non-hydrogen) atoms. The van der Waals surface area contributed by atoms with E-state index in [0.717, 1.165) is 35.5 Å². The third-order valence-corrected chi connectivity index (χ3v) is 8.86. The molecule has 3 rings (SSSR count). The fourth-order valence-electron chi connectivity index (χ4n) is 5.19. The largest absolute Gasteiger partial charge is 0.392 e. The summed E-state index contributed by atoms with van der Waals surface area (Å²) in [6, 6.07) is -0.269. The molecule has 3 heterocycles. The Morgan fingerprint density at radius 1 is 1.26 bits per heavy atom. The number of carbonyl (C=O) groups is 2. The van der Waals surface area contributed by atoms with Gasteiger partial charge in [0.15, 0.2) is 0 Å². The Kier molecular flexibility index (Phi) is 8.62. The number of epoxide rings is 1. The summed E-state index contributed by atoms with van der Waals surface area (Å²) < 4.78 is 6.10. The van der Waals surface area contributed by atoms with Gasteiger partial charge in [-0.1, -0.05) is 34.1 Å². The van der Waals surface area contributed by atoms with E-state index in [2.05, 4.69) is 17.2 Å². The van der Waals surface area contributed by atoms with E-state index >= 15 is 0 Å². The van der Waals surface area contributed by atoms with Gasteiger partial charge in [-0.15, -0.1) is 11.3 Å². The zero-order valence-electron chi connectivity index (χ0n) is 22.1. The third kappa shape index (κ3) is 6.59. The van der Waals surface area contributed by atoms with Crippen LogP contribution in [0.3, 0.4) is 0 Å². The molecule has 0 radical (unpaired) electrons. The van der Waals surface area contributed by atoms with Gasteiger partial charge in [0, 0.05) is 17.7 Å². The molecule has 7 atom stereocenters. The topological polar surface area (TPSA) is 112 Å². The fraction of sp³-hybridized carbons (Fsp3) is 0.741. The summed E-state index contributed by atoms with van der Waals surface area (Å²) in [6.45, 7) is 13.0. The molecule has 1 aromatic heterocycles. The van der Waals surface area contributed by atoms with Gasteiger partial charge in [0.25, 0.3) is 0 Å². The molecule has 0 aliphatic carbocycles. The van der Waals surface area contributed by atoms with Crippen LogP contribution in [0, 0.1) is 24.2 Å². The van der Waals surface area contributed by atoms with Crippen molar-refractivity contribution in [2.45, 2.75) is 111 Å². The molecule has 8 heteroatoms. The Bertz CT molecular complexity index is 957. The van der Waals surface area contributed by atoms with Crippen molar-refractivity contribution in [2.24, 2.45) is 17.3 Å². The number of aliphatic hydroxyl groups excluding tert-OH is 2. The summed E-state index contributed by atoms with van der Waals surface area (Å²) in [7, 11) is 0. The number of thiazole rings is 1. The molecule has 1 aromatic rings. The van der Waals surface area contributed by atoms with Crippen molar-refractivity contribution in [3.8, 4) is 0 Å². The number of aromatic nitrogens is 1. The summed E-state index contributed by atoms with van der Waals surface area (Å²) in [5, 5.41) is 27.8. The van der Waals surface area contributed by atoms with Crippen molar-refractivity contribution in [1.29, 1.82) is 0 Å². The molecular weight excluding hydrogens is 467 g/mol. The van der Waals surface area contributed by atoms with Gasteiger partial charge >= 0.3 is 0 Å². The Morgan fingerprint density at radius 2 is 1.94 bits per heavy atom. The van der Waals surface area contributed by atoms with E-state index in [9.17, 15) is 19.8 Å². The van der Waals surface area contributed by atoms with Gasteiger partial charge in [-0.2, -0.15) is 0 Å². The van der Waals surface area contributed by atoms with Gasteiger partial charge in [-0.05, 0) is 51.2 Å². The molecule has 0 saturated carbocycles. The maximum absolute atomic E-state index is 13.2. The Hall–Kier alpha value is -1.61. The smallest absolute Gasteiger partial charge is 0.223 e. The number of carbonyl (C=O) groups excluding carboxylic acids is 2. The zero-order valence-corrected chi connectivity index (χ0v) is 22.9. The maximum atomic E-state index is 13.2. The average Bonchev–Trinajstić information content (AvgIpc) is 3.22. The first-order chi connectivity index (χ1) is 16.2. The van der Waals surface area contributed by atoms with Crippen LogP contribution in [0.25, 0.3) is 6.08 Å². The predicted molar refractivity (Wildman–Crippen MR) is 138 cm³/mol. The first kappa shape index (κ1) is 28.0. The molecule has 2 aliphatic heterocycles. The third-order valence-electron chi connectivity index (χ3n) is 8.07. The maximum Gasteiger partial charge on any atom is 0.223 e. The molecule has 2 aliphatic rings. The lowest BCUT2D eigenvalue weighted by atomic mass is 9.72. The number of aliphatic hydroxyl groups is 2. The molecular formula is C27H42N2O5S. The van der Waals surface area contributed by atoms with Crippen molar-refractivity contribution in [3.05, 3.63) is 21.7 Å². The van der Waals surface area contributed by atoms with Crippen LogP contribution in [0.5, 0.6) is 0 Å². The summed E-state index contributed by atoms with van der Waals surface area (Å²) in [5.41, 5.74) is 0.410. The molecule has 7 nitrogen and oxygen atoms in total. The fourth-order valence-corrected chi connectivity index (χ4v) is 5.76. The minimum atomic E-state index is -1.17. The van der Waals surface area contributed by atoms with E-state index < -0.39 is 23.5 Å². The summed E-state index contributed by atoms with van der Waals surface area (Å²) >= 11 is 1.58. The number of hydrogen-bond donors (Lipinski definition) is 3. The number of ketones is 1. The normalized spacial score (nSPS) is 37.5. The van der Waals surface area contributed by atoms with Crippen LogP contribution in [0.15, 0.2) is 11.0 Å². The van der Waals surface area contributed by atoms with Crippen LogP contribution in [0.2, 0.25) is 0 Å². The average molecular weight is 510 g/mol. The van der Waals surface area contributed by atoms with Crippen molar-refractivity contribution >= 4 is 29.1 Å². The lowest BCUT2D eigenvalue weighted by Crippen LogP contribution is -2.47. The minimum absolute atomic E-state index is 0.0170. The summed E-state index contributed by atoms with van der Waals surface area (Å²) in [4.78, 5) is 30.8. The van der Waals surface area contributed by atoms with Crippen molar-refractivity contribution in [2.75, 3.05) is 0 Å². The first-order valence-corrected chi connectivity index (χ1v) is 13.6. The van der Waals surface area contributed by atoms with Crippen molar-refractivity contribution in [3.63, 3.8) is 0 Å². The molecule has 2 fully saturated rings. The van der Waals surface area contributed by atoms with Crippen LogP contribution < -0.4 is 5.32 Å². The monoisotopic (exact) mass is 509 g/mol. The number of fused-ring (bicyclic) bond motifs is 1. The van der Waals surface area contributed by atoms with E-state index in [0.29, 0.717) is 6.42 Å². The minimum Gasteiger partial charge on any atom is -0.392 e. The SMILES string of the molecule is C/C(=C\c1cs[13c]([13CH3])[15n]1)[C@@H]1C[C@@H]2O[C@]2(C)CCC[C@H](C)[C@H](O)[C@@H](C)C(=O)C(C)(C)[C@@H](O)CC(=O)N1. The van der Waals surface area contributed by atoms with Crippen LogP contribution >= 0.6 is 11.3 Å². The molecule has 2 saturated heterocycles. The highest BCUT2D eigenvalue weighted by atomic mass is 32.1. The van der Waals surface area contributed by atoms with Gasteiger partial charge in [0.05, 0.1) is 52.5 Å². The number of Topliss-reactive ketones (excluding diaryl/α,β-unsaturated/α-hetero) is 1. The van der Waals surface area contributed by atoms with E-state index in [1.807, 2.05) is 32.2 Å². The van der Waals surface area contributed by atoms with E-state index in [-0.39, 0.29) is 41.8 Å². The summed E-state index contributed by atoms with van der Waals surface area (Å²) in [5.74, 6) is -1.24. The van der Waals surface area contributed by atoms with Crippen LogP contribution in [-0.2, 0) is 14.3 Å². The van der Waals surface area contributed by atoms with E-state index in [1.54, 1.807) is 32.1 Å². The molecule has 1 amide bonds. The van der Waals surface area contributed by atoms with Crippen LogP contribution in [-0.4, -0.2) is 56.8 Å². The number of aryl methyl sites for hydroxylation is 1. The van der Waals surface area contributed by atoms with Gasteiger partial charge in [-0.25, -0.2) is 4.98 Å². The highest BCUT2D eigenvalue weighted by Crippen LogP contribution is 2.44. The molecule has 0 spiro atoms. The number of hydrogen-bond acceptors (Lipinski definition) is 7. The van der Waals surface area contributed by atoms with Gasteiger partial charge < -0.3 is 20.3 Å². The molecule has 0 bridgehead atoms. The van der Waals surface area contributed by atoms with E-state index in [4.69, 9.17) is 4.74 Å². The number of rotatable bonds is 2. The number of nitrogens with one attached hydrogen (secondary N) is 1. The second-order valence-corrected chi connectivity index (χ2v) is 12.5. The second kappa shape index (κ2) is 10.8. The van der Waals surface area contributed by atoms with Gasteiger partial charge in [0.1, 0.15) is 5.78 Å². The highest BCUT2D eigenvalue weighted by Gasteiger charge is 2.52. The Balaban J connectivity index is 1.85. The lowest BCUT2D eigenvalue weighted by molar-refractivity contribution is -0.143. The number of nitrogens with zero attached hydrogens (tertiary/aromatic N) is 1.